The summed E-state index contributed by atoms with van der Waals surface area (Å²) in [6, 6.07) is 6.24. The van der Waals surface area contributed by atoms with Crippen LogP contribution in [-0.4, -0.2) is 5.11 Å². The molecule has 0 atom stereocenters. The van der Waals surface area contributed by atoms with Crippen molar-refractivity contribution < 1.29 is 9.50 Å². The van der Waals surface area contributed by atoms with Gasteiger partial charge in [0.25, 0.3) is 0 Å². The molecule has 0 spiro atoms. The molecule has 15 heavy (non-hydrogen) atoms. The monoisotopic (exact) mass is 222 g/mol. The lowest BCUT2D eigenvalue weighted by Crippen LogP contribution is -1.80. The number of hydrogen-bond donors (Lipinski definition) is 1. The van der Waals surface area contributed by atoms with Crippen molar-refractivity contribution in [2.45, 2.75) is 13.3 Å². The zero-order chi connectivity index (χ0) is 10.8. The van der Waals surface area contributed by atoms with Gasteiger partial charge >= 0.3 is 0 Å². The summed E-state index contributed by atoms with van der Waals surface area (Å²) in [5.74, 6) is -0.414. The quantitative estimate of drug-likeness (QED) is 0.819. The van der Waals surface area contributed by atoms with Crippen LogP contribution in [0.2, 0.25) is 0 Å². The van der Waals surface area contributed by atoms with Gasteiger partial charge in [-0.25, -0.2) is 4.39 Å². The van der Waals surface area contributed by atoms with E-state index in [2.05, 4.69) is 6.92 Å². The number of aromatic hydroxyl groups is 1. The van der Waals surface area contributed by atoms with Gasteiger partial charge in [-0.05, 0) is 35.6 Å². The number of benzene rings is 1. The van der Waals surface area contributed by atoms with Crippen molar-refractivity contribution in [2.24, 2.45) is 0 Å². The van der Waals surface area contributed by atoms with Gasteiger partial charge in [-0.3, -0.25) is 0 Å². The van der Waals surface area contributed by atoms with Gasteiger partial charge in [0.2, 0.25) is 0 Å². The molecule has 78 valence electrons. The molecule has 0 aliphatic rings. The Morgan fingerprint density at radius 1 is 1.33 bits per heavy atom. The predicted molar refractivity (Wildman–Crippen MR) is 60.8 cm³/mol. The molecule has 1 N–H and O–H groups in total. The van der Waals surface area contributed by atoms with Gasteiger partial charge < -0.3 is 5.11 Å². The molecule has 0 aliphatic carbocycles. The summed E-state index contributed by atoms with van der Waals surface area (Å²) in [5, 5.41) is 11.1. The second-order valence-electron chi connectivity index (χ2n) is 3.34. The highest BCUT2D eigenvalue weighted by Crippen LogP contribution is 2.31. The average molecular weight is 222 g/mol. The topological polar surface area (TPSA) is 20.2 Å². The third kappa shape index (κ3) is 2.02. The van der Waals surface area contributed by atoms with E-state index in [4.69, 9.17) is 5.11 Å². The third-order valence-corrected chi connectivity index (χ3v) is 3.29. The van der Waals surface area contributed by atoms with Crippen molar-refractivity contribution in [3.63, 3.8) is 0 Å². The lowest BCUT2D eigenvalue weighted by atomic mass is 10.1. The summed E-state index contributed by atoms with van der Waals surface area (Å²) in [7, 11) is 0. The number of phenolic OH excluding ortho intramolecular Hbond substituents is 1. The number of thiophene rings is 1. The second kappa shape index (κ2) is 4.03. The number of hydrogen-bond acceptors (Lipinski definition) is 2. The average Bonchev–Trinajstić information content (AvgIpc) is 2.66. The Morgan fingerprint density at radius 3 is 2.73 bits per heavy atom. The molecule has 0 aliphatic heterocycles. The lowest BCUT2D eigenvalue weighted by Gasteiger charge is -2.00. The molecule has 0 bridgehead atoms. The summed E-state index contributed by atoms with van der Waals surface area (Å²) < 4.78 is 13.5. The van der Waals surface area contributed by atoms with Crippen LogP contribution in [0.15, 0.2) is 29.6 Å². The zero-order valence-corrected chi connectivity index (χ0v) is 9.14. The molecule has 0 saturated carbocycles. The van der Waals surface area contributed by atoms with E-state index in [1.807, 2.05) is 11.4 Å². The van der Waals surface area contributed by atoms with Gasteiger partial charge in [0.05, 0.1) is 0 Å². The van der Waals surface area contributed by atoms with E-state index in [1.165, 1.54) is 23.0 Å². The first-order chi connectivity index (χ1) is 7.20. The van der Waals surface area contributed by atoms with Gasteiger partial charge in [0.1, 0.15) is 11.6 Å². The first kappa shape index (κ1) is 10.2. The Balaban J connectivity index is 2.44. The molecule has 2 aromatic rings. The minimum atomic E-state index is -0.375. The van der Waals surface area contributed by atoms with Gasteiger partial charge in [0.15, 0.2) is 0 Å². The molecule has 3 heteroatoms. The smallest absolute Gasteiger partial charge is 0.135 e. The van der Waals surface area contributed by atoms with Crippen LogP contribution in [-0.2, 0) is 6.42 Å². The van der Waals surface area contributed by atoms with E-state index in [1.54, 1.807) is 6.07 Å². The van der Waals surface area contributed by atoms with E-state index in [0.29, 0.717) is 5.56 Å². The highest BCUT2D eigenvalue weighted by atomic mass is 32.1. The van der Waals surface area contributed by atoms with Crippen molar-refractivity contribution in [3.8, 4) is 16.2 Å². The van der Waals surface area contributed by atoms with E-state index < -0.39 is 0 Å². The maximum absolute atomic E-state index is 13.5. The van der Waals surface area contributed by atoms with Gasteiger partial charge in [-0.15, -0.1) is 11.3 Å². The highest BCUT2D eigenvalue weighted by Gasteiger charge is 2.07. The first-order valence-corrected chi connectivity index (χ1v) is 5.65. The largest absolute Gasteiger partial charge is 0.508 e. The molecule has 0 radical (unpaired) electrons. The Hall–Kier alpha value is -1.35. The molecular formula is C12H11FOS. The Bertz CT molecular complexity index is 476. The van der Waals surface area contributed by atoms with Crippen molar-refractivity contribution in [2.75, 3.05) is 0 Å². The SMILES string of the molecule is CCc1csc(-c2ccc(O)cc2F)c1. The number of rotatable bonds is 2. The number of aryl methyl sites for hydroxylation is 1. The van der Waals surface area contributed by atoms with Crippen LogP contribution >= 0.6 is 11.3 Å². The van der Waals surface area contributed by atoms with E-state index in [0.717, 1.165) is 17.4 Å². The van der Waals surface area contributed by atoms with Gasteiger partial charge in [-0.2, -0.15) is 0 Å². The van der Waals surface area contributed by atoms with Crippen LogP contribution in [0, 0.1) is 5.82 Å². The van der Waals surface area contributed by atoms with Crippen LogP contribution in [0.5, 0.6) is 5.75 Å². The van der Waals surface area contributed by atoms with E-state index in [-0.39, 0.29) is 11.6 Å². The highest BCUT2D eigenvalue weighted by molar-refractivity contribution is 7.13. The second-order valence-corrected chi connectivity index (χ2v) is 4.25. The fraction of sp³-hybridized carbons (Fsp3) is 0.167. The normalized spacial score (nSPS) is 10.5. The number of phenols is 1. The van der Waals surface area contributed by atoms with Crippen LogP contribution < -0.4 is 0 Å². The Morgan fingerprint density at radius 2 is 2.13 bits per heavy atom. The van der Waals surface area contributed by atoms with E-state index in [9.17, 15) is 4.39 Å². The molecule has 1 aromatic carbocycles. The molecule has 0 amide bonds. The molecular weight excluding hydrogens is 211 g/mol. The molecule has 2 rings (SSSR count). The van der Waals surface area contributed by atoms with Crippen molar-refractivity contribution >= 4 is 11.3 Å². The fourth-order valence-electron chi connectivity index (χ4n) is 1.41. The maximum Gasteiger partial charge on any atom is 0.135 e. The third-order valence-electron chi connectivity index (χ3n) is 2.28. The summed E-state index contributed by atoms with van der Waals surface area (Å²) >= 11 is 1.53. The predicted octanol–water partition coefficient (Wildman–Crippen LogP) is 3.82. The van der Waals surface area contributed by atoms with Crippen molar-refractivity contribution in [3.05, 3.63) is 41.0 Å². The van der Waals surface area contributed by atoms with Crippen molar-refractivity contribution in [1.82, 2.24) is 0 Å². The molecule has 0 saturated heterocycles. The molecule has 1 nitrogen and oxygen atoms in total. The Labute approximate surface area is 91.8 Å². The maximum atomic E-state index is 13.5. The van der Waals surface area contributed by atoms with Crippen LogP contribution in [0.4, 0.5) is 4.39 Å². The number of halogens is 1. The summed E-state index contributed by atoms with van der Waals surface area (Å²) in [4.78, 5) is 0.907. The lowest BCUT2D eigenvalue weighted by molar-refractivity contribution is 0.469. The summed E-state index contributed by atoms with van der Waals surface area (Å²) in [6.45, 7) is 2.07. The van der Waals surface area contributed by atoms with Gasteiger partial charge in [-0.1, -0.05) is 6.92 Å². The van der Waals surface area contributed by atoms with E-state index >= 15 is 0 Å². The van der Waals surface area contributed by atoms with Crippen LogP contribution in [0.3, 0.4) is 0 Å². The first-order valence-electron chi connectivity index (χ1n) is 4.77. The zero-order valence-electron chi connectivity index (χ0n) is 8.33. The fourth-order valence-corrected chi connectivity index (χ4v) is 2.43. The molecule has 1 heterocycles. The van der Waals surface area contributed by atoms with Crippen molar-refractivity contribution in [1.29, 1.82) is 0 Å². The van der Waals surface area contributed by atoms with Crippen LogP contribution in [0.25, 0.3) is 10.4 Å². The molecule has 0 fully saturated rings. The van der Waals surface area contributed by atoms with Gasteiger partial charge in [0, 0.05) is 16.5 Å². The molecule has 1 aromatic heterocycles. The Kier molecular flexibility index (Phi) is 2.73. The summed E-state index contributed by atoms with van der Waals surface area (Å²) in [6.07, 6.45) is 0.955. The standard InChI is InChI=1S/C12H11FOS/c1-2-8-5-12(15-7-8)10-4-3-9(14)6-11(10)13/h3-7,14H,2H2,1H3. The summed E-state index contributed by atoms with van der Waals surface area (Å²) in [5.41, 5.74) is 1.76. The van der Waals surface area contributed by atoms with Crippen LogP contribution in [0.1, 0.15) is 12.5 Å². The minimum absolute atomic E-state index is 0.0384. The molecule has 0 unspecified atom stereocenters. The minimum Gasteiger partial charge on any atom is -0.508 e.